The van der Waals surface area contributed by atoms with Crippen molar-refractivity contribution in [2.24, 2.45) is 0 Å². The van der Waals surface area contributed by atoms with Gasteiger partial charge >= 0.3 is 0 Å². The van der Waals surface area contributed by atoms with Gasteiger partial charge in [0, 0.05) is 18.2 Å². The molecule has 0 spiro atoms. The van der Waals surface area contributed by atoms with Crippen molar-refractivity contribution in [2.45, 2.75) is 12.1 Å². The van der Waals surface area contributed by atoms with Gasteiger partial charge in [-0.25, -0.2) is 4.39 Å². The molecule has 2 N–H and O–H groups in total. The number of rotatable bonds is 5. The zero-order valence-electron chi connectivity index (χ0n) is 12.5. The van der Waals surface area contributed by atoms with Gasteiger partial charge in [-0.15, -0.1) is 36.6 Å². The molecule has 0 aliphatic carbocycles. The molecule has 2 atom stereocenters. The average Bonchev–Trinajstić information content (AvgIpc) is 2.94. The van der Waals surface area contributed by atoms with E-state index in [1.54, 1.807) is 23.9 Å². The fourth-order valence-electron chi connectivity index (χ4n) is 2.17. The fourth-order valence-corrected chi connectivity index (χ4v) is 3.11. The van der Waals surface area contributed by atoms with Gasteiger partial charge in [-0.1, -0.05) is 12.1 Å². The van der Waals surface area contributed by atoms with E-state index < -0.39 is 0 Å². The number of thioether (sulfide) groups is 1. The molecule has 1 saturated heterocycles. The van der Waals surface area contributed by atoms with Gasteiger partial charge in [-0.3, -0.25) is 10.1 Å². The smallest absolute Gasteiger partial charge is 0.238 e. The Hall–Kier alpha value is -0.530. The van der Waals surface area contributed by atoms with E-state index in [2.05, 4.69) is 10.6 Å². The third-order valence-electron chi connectivity index (χ3n) is 3.38. The Labute approximate surface area is 147 Å². The van der Waals surface area contributed by atoms with Gasteiger partial charge in [0.25, 0.3) is 0 Å². The Morgan fingerprint density at radius 3 is 2.55 bits per heavy atom. The molecule has 2 unspecified atom stereocenters. The summed E-state index contributed by atoms with van der Waals surface area (Å²) in [5, 5.41) is 6.11. The summed E-state index contributed by atoms with van der Waals surface area (Å²) >= 11 is 1.73. The largest absolute Gasteiger partial charge is 0.353 e. The van der Waals surface area contributed by atoms with Crippen LogP contribution in [0.2, 0.25) is 0 Å². The summed E-state index contributed by atoms with van der Waals surface area (Å²) < 4.78 is 13.0. The van der Waals surface area contributed by atoms with Crippen LogP contribution in [0.3, 0.4) is 0 Å². The number of hydrogen-bond donors (Lipinski definition) is 2. The number of hydrogen-bond acceptors (Lipinski definition) is 4. The molecule has 0 radical (unpaired) electrons. The van der Waals surface area contributed by atoms with Crippen LogP contribution in [0.4, 0.5) is 4.39 Å². The van der Waals surface area contributed by atoms with Crippen LogP contribution < -0.4 is 10.6 Å². The second-order valence-electron chi connectivity index (χ2n) is 5.05. The normalized spacial score (nSPS) is 18.3. The van der Waals surface area contributed by atoms with Crippen LogP contribution in [0.15, 0.2) is 24.3 Å². The lowest BCUT2D eigenvalue weighted by Gasteiger charge is -2.25. The van der Waals surface area contributed by atoms with Crippen molar-refractivity contribution < 1.29 is 9.18 Å². The van der Waals surface area contributed by atoms with Crippen LogP contribution in [-0.4, -0.2) is 49.1 Å². The van der Waals surface area contributed by atoms with Gasteiger partial charge in [-0.05, 0) is 31.8 Å². The van der Waals surface area contributed by atoms with E-state index in [4.69, 9.17) is 0 Å². The van der Waals surface area contributed by atoms with Gasteiger partial charge in [0.15, 0.2) is 0 Å². The average molecular weight is 370 g/mol. The lowest BCUT2D eigenvalue weighted by molar-refractivity contribution is -0.122. The van der Waals surface area contributed by atoms with E-state index in [1.165, 1.54) is 12.1 Å². The molecular weight excluding hydrogens is 348 g/mol. The molecule has 22 heavy (non-hydrogen) atoms. The maximum atomic E-state index is 13.0. The van der Waals surface area contributed by atoms with Gasteiger partial charge in [0.1, 0.15) is 5.82 Å². The third kappa shape index (κ3) is 5.93. The van der Waals surface area contributed by atoms with E-state index in [0.29, 0.717) is 6.54 Å². The Balaban J connectivity index is 0.00000220. The molecule has 1 aliphatic rings. The number of benzene rings is 1. The highest BCUT2D eigenvalue weighted by molar-refractivity contribution is 7.99. The van der Waals surface area contributed by atoms with E-state index >= 15 is 0 Å². The van der Waals surface area contributed by atoms with Gasteiger partial charge in [0.2, 0.25) is 5.91 Å². The summed E-state index contributed by atoms with van der Waals surface area (Å²) in [7, 11) is 3.90. The summed E-state index contributed by atoms with van der Waals surface area (Å²) in [5.41, 5.74) is 0.991. The molecule has 126 valence electrons. The predicted octanol–water partition coefficient (Wildman–Crippen LogP) is 2.05. The third-order valence-corrected chi connectivity index (χ3v) is 4.32. The summed E-state index contributed by atoms with van der Waals surface area (Å²) in [5.74, 6) is 1.42. The van der Waals surface area contributed by atoms with E-state index in [0.717, 1.165) is 17.2 Å². The maximum Gasteiger partial charge on any atom is 0.238 e. The van der Waals surface area contributed by atoms with Crippen molar-refractivity contribution >= 4 is 42.5 Å². The molecule has 0 saturated carbocycles. The first-order valence-electron chi connectivity index (χ1n) is 6.58. The Kier molecular flexibility index (Phi) is 10.0. The number of nitrogens with one attached hydrogen (secondary N) is 2. The van der Waals surface area contributed by atoms with E-state index in [1.807, 2.05) is 19.0 Å². The Morgan fingerprint density at radius 2 is 2.05 bits per heavy atom. The monoisotopic (exact) mass is 369 g/mol. The number of amides is 1. The summed E-state index contributed by atoms with van der Waals surface area (Å²) in [4.78, 5) is 14.0. The molecule has 1 aromatic rings. The van der Waals surface area contributed by atoms with Gasteiger partial charge in [0.05, 0.1) is 12.1 Å². The highest BCUT2D eigenvalue weighted by Gasteiger charge is 2.23. The van der Waals surface area contributed by atoms with Crippen molar-refractivity contribution in [3.05, 3.63) is 35.6 Å². The first-order valence-corrected chi connectivity index (χ1v) is 7.74. The molecule has 1 fully saturated rings. The molecule has 2 rings (SSSR count). The van der Waals surface area contributed by atoms with Gasteiger partial charge in [-0.2, -0.15) is 0 Å². The zero-order chi connectivity index (χ0) is 14.5. The molecule has 0 bridgehead atoms. The van der Waals surface area contributed by atoms with Crippen LogP contribution in [-0.2, 0) is 4.79 Å². The highest BCUT2D eigenvalue weighted by Crippen LogP contribution is 2.18. The summed E-state index contributed by atoms with van der Waals surface area (Å²) in [6, 6.07) is 6.35. The Morgan fingerprint density at radius 1 is 1.41 bits per heavy atom. The molecule has 8 heteroatoms. The lowest BCUT2D eigenvalue weighted by atomic mass is 10.1. The van der Waals surface area contributed by atoms with Crippen LogP contribution in [0.5, 0.6) is 0 Å². The second kappa shape index (κ2) is 10.3. The summed E-state index contributed by atoms with van der Waals surface area (Å²) in [6.07, 6.45) is 0. The minimum Gasteiger partial charge on any atom is -0.353 e. The molecule has 1 aliphatic heterocycles. The minimum atomic E-state index is -0.248. The molecule has 4 nitrogen and oxygen atoms in total. The minimum absolute atomic E-state index is 0. The molecule has 0 aromatic heterocycles. The number of carbonyl (C=O) groups is 1. The van der Waals surface area contributed by atoms with Gasteiger partial charge < -0.3 is 10.2 Å². The lowest BCUT2D eigenvalue weighted by Crippen LogP contribution is -2.44. The second-order valence-corrected chi connectivity index (χ2v) is 6.08. The van der Waals surface area contributed by atoms with Crippen molar-refractivity contribution in [2.75, 3.05) is 32.3 Å². The first-order chi connectivity index (χ1) is 9.58. The number of carbonyl (C=O) groups excluding carboxylic acids is 1. The number of nitrogens with zero attached hydrogens (tertiary/aromatic N) is 1. The highest BCUT2D eigenvalue weighted by atomic mass is 35.5. The zero-order valence-corrected chi connectivity index (χ0v) is 15.0. The first kappa shape index (κ1) is 21.5. The molecule has 1 amide bonds. The topological polar surface area (TPSA) is 44.4 Å². The standard InChI is InChI=1S/C14H20FN3OS.2ClH/c1-18(2)13(10-3-5-11(15)6-4-10)7-16-14(19)12-8-20-9-17-12;;/h3-6,12-13,17H,7-9H2,1-2H3,(H,16,19);2*1H. The molecular formula is C14H22Cl2FN3OS. The maximum absolute atomic E-state index is 13.0. The van der Waals surface area contributed by atoms with Crippen LogP contribution in [0, 0.1) is 5.82 Å². The SMILES string of the molecule is CN(C)C(CNC(=O)C1CSCN1)c1ccc(F)cc1.Cl.Cl. The molecule has 1 heterocycles. The number of halogens is 3. The summed E-state index contributed by atoms with van der Waals surface area (Å²) in [6.45, 7) is 0.514. The fraction of sp³-hybridized carbons (Fsp3) is 0.500. The van der Waals surface area contributed by atoms with Crippen LogP contribution in [0.25, 0.3) is 0 Å². The van der Waals surface area contributed by atoms with Crippen LogP contribution >= 0.6 is 36.6 Å². The van der Waals surface area contributed by atoms with Crippen molar-refractivity contribution in [3.63, 3.8) is 0 Å². The van der Waals surface area contributed by atoms with Crippen molar-refractivity contribution in [1.29, 1.82) is 0 Å². The van der Waals surface area contributed by atoms with E-state index in [-0.39, 0.29) is 48.6 Å². The number of likely N-dealkylation sites (N-methyl/N-ethyl adjacent to an activating group) is 1. The molecule has 1 aromatic carbocycles. The predicted molar refractivity (Wildman–Crippen MR) is 94.6 cm³/mol. The van der Waals surface area contributed by atoms with Crippen molar-refractivity contribution in [1.82, 2.24) is 15.5 Å². The Bertz CT molecular complexity index is 456. The van der Waals surface area contributed by atoms with Crippen LogP contribution in [0.1, 0.15) is 11.6 Å². The quantitative estimate of drug-likeness (QED) is 0.833. The van der Waals surface area contributed by atoms with Crippen molar-refractivity contribution in [3.8, 4) is 0 Å². The van der Waals surface area contributed by atoms with E-state index in [9.17, 15) is 9.18 Å².